The first-order valence-electron chi connectivity index (χ1n) is 21.1. The number of carbonyl (C=O) groups excluding carboxylic acids is 4. The van der Waals surface area contributed by atoms with Gasteiger partial charge in [0, 0.05) is 52.5 Å². The van der Waals surface area contributed by atoms with E-state index in [0.29, 0.717) is 13.0 Å². The zero-order valence-electron chi connectivity index (χ0n) is 36.7. The van der Waals surface area contributed by atoms with E-state index in [-0.39, 0.29) is 78.9 Å². The molecule has 318 valence electrons. The third-order valence-electron chi connectivity index (χ3n) is 12.3. The standard InChI is InChI=1S/C45H75N3O8/c1-13-15-23-46(9)41(30(5)6)38(50)27-35(29(3)4)44(52)47(10)42(31(7)14-2)39(55-11)28-40(51)48-24-19-22-36(48)43(56-12)32(8)37(49)26-34(45(53)54)25-33-20-17-16-18-21-33/h16-18,20-21,29-32,34-36,39,41-43H,13-15,19,22-28H2,1-12H3,(H,53,54)/t31-,32-,34+,35-,36-,39+,41-,42-,43+/m0/s1. The first-order valence-corrected chi connectivity index (χ1v) is 21.1. The Morgan fingerprint density at radius 3 is 2.04 bits per heavy atom. The predicted octanol–water partition coefficient (Wildman–Crippen LogP) is 6.80. The number of unbranched alkanes of at least 4 members (excludes halogenated alkanes) is 1. The summed E-state index contributed by atoms with van der Waals surface area (Å²) < 4.78 is 12.0. The number of amides is 2. The molecule has 1 saturated heterocycles. The number of likely N-dealkylation sites (N-methyl/N-ethyl adjacent to an activating group) is 2. The summed E-state index contributed by atoms with van der Waals surface area (Å²) in [4.78, 5) is 74.0. The van der Waals surface area contributed by atoms with Crippen LogP contribution in [0.1, 0.15) is 112 Å². The average molecular weight is 786 g/mol. The van der Waals surface area contributed by atoms with Crippen LogP contribution in [-0.4, -0.2) is 121 Å². The Kier molecular flexibility index (Phi) is 20.9. The topological polar surface area (TPSA) is 134 Å². The Morgan fingerprint density at radius 2 is 1.52 bits per heavy atom. The van der Waals surface area contributed by atoms with Gasteiger partial charge in [-0.3, -0.25) is 28.9 Å². The fourth-order valence-electron chi connectivity index (χ4n) is 8.79. The van der Waals surface area contributed by atoms with Crippen LogP contribution in [0.2, 0.25) is 0 Å². The number of hydrogen-bond donors (Lipinski definition) is 1. The van der Waals surface area contributed by atoms with Crippen LogP contribution in [0.15, 0.2) is 30.3 Å². The van der Waals surface area contributed by atoms with Crippen molar-refractivity contribution >= 4 is 29.4 Å². The number of carbonyl (C=O) groups is 5. The molecule has 1 fully saturated rings. The summed E-state index contributed by atoms with van der Waals surface area (Å²) in [6, 6.07) is 8.21. The SMILES string of the molecule is CCCCN(C)[C@H](C(=O)C[C@H](C(=O)N(C)[C@@H]([C@@H](C)CC)[C@@H](CC(=O)N1CCC[C@H]1[C@H](OC)[C@@H](C)C(=O)C[C@@H](Cc1ccccc1)C(=O)O)OC)C(C)C)C(C)C. The minimum Gasteiger partial charge on any atom is -0.481 e. The molecule has 1 heterocycles. The Bertz CT molecular complexity index is 1390. The van der Waals surface area contributed by atoms with Gasteiger partial charge in [-0.2, -0.15) is 0 Å². The molecule has 0 radical (unpaired) electrons. The Balaban J connectivity index is 2.28. The second-order valence-electron chi connectivity index (χ2n) is 17.0. The number of likely N-dealkylation sites (tertiary alicyclic amines) is 1. The molecule has 56 heavy (non-hydrogen) atoms. The van der Waals surface area contributed by atoms with E-state index in [9.17, 15) is 29.1 Å². The van der Waals surface area contributed by atoms with E-state index in [4.69, 9.17) is 9.47 Å². The average Bonchev–Trinajstić information content (AvgIpc) is 3.65. The van der Waals surface area contributed by atoms with Crippen molar-refractivity contribution in [3.8, 4) is 0 Å². The Hall–Kier alpha value is -3.15. The molecule has 2 rings (SSSR count). The van der Waals surface area contributed by atoms with Crippen LogP contribution in [0.25, 0.3) is 0 Å². The lowest BCUT2D eigenvalue weighted by atomic mass is 9.83. The van der Waals surface area contributed by atoms with Gasteiger partial charge in [-0.1, -0.05) is 98.6 Å². The molecule has 1 aromatic rings. The lowest BCUT2D eigenvalue weighted by Crippen LogP contribution is -2.54. The highest BCUT2D eigenvalue weighted by Crippen LogP contribution is 2.32. The van der Waals surface area contributed by atoms with Gasteiger partial charge in [-0.05, 0) is 62.6 Å². The van der Waals surface area contributed by atoms with E-state index in [1.54, 1.807) is 30.9 Å². The summed E-state index contributed by atoms with van der Waals surface area (Å²) in [6.45, 7) is 17.4. The van der Waals surface area contributed by atoms with Crippen molar-refractivity contribution in [1.29, 1.82) is 0 Å². The second kappa shape index (κ2) is 23.9. The quantitative estimate of drug-likeness (QED) is 0.108. The third-order valence-corrected chi connectivity index (χ3v) is 12.3. The highest BCUT2D eigenvalue weighted by Gasteiger charge is 2.43. The molecule has 11 heteroatoms. The number of nitrogens with zero attached hydrogens (tertiary/aromatic N) is 3. The highest BCUT2D eigenvalue weighted by atomic mass is 16.5. The normalized spacial score (nSPS) is 19.0. The van der Waals surface area contributed by atoms with Crippen molar-refractivity contribution < 1.29 is 38.6 Å². The molecule has 0 aliphatic carbocycles. The minimum absolute atomic E-state index is 0.00869. The molecule has 1 N–H and O–H groups in total. The van der Waals surface area contributed by atoms with Crippen molar-refractivity contribution in [3.05, 3.63) is 35.9 Å². The van der Waals surface area contributed by atoms with E-state index < -0.39 is 42.0 Å². The second-order valence-corrected chi connectivity index (χ2v) is 17.0. The smallest absolute Gasteiger partial charge is 0.307 e. The van der Waals surface area contributed by atoms with E-state index in [0.717, 1.165) is 37.8 Å². The number of ketones is 2. The summed E-state index contributed by atoms with van der Waals surface area (Å²) >= 11 is 0. The fraction of sp³-hybridized carbons (Fsp3) is 0.756. The van der Waals surface area contributed by atoms with E-state index in [2.05, 4.69) is 39.5 Å². The van der Waals surface area contributed by atoms with Gasteiger partial charge in [0.2, 0.25) is 11.8 Å². The first-order chi connectivity index (χ1) is 26.4. The lowest BCUT2D eigenvalue weighted by molar-refractivity contribution is -0.149. The molecule has 1 aromatic carbocycles. The van der Waals surface area contributed by atoms with E-state index in [1.165, 1.54) is 7.11 Å². The van der Waals surface area contributed by atoms with Crippen LogP contribution in [-0.2, 0) is 39.9 Å². The molecule has 0 bridgehead atoms. The highest BCUT2D eigenvalue weighted by molar-refractivity contribution is 5.90. The molecular formula is C45H75N3O8. The van der Waals surface area contributed by atoms with Crippen molar-refractivity contribution in [2.24, 2.45) is 35.5 Å². The number of benzene rings is 1. The first kappa shape index (κ1) is 49.0. The number of ether oxygens (including phenoxy) is 2. The molecule has 0 aromatic heterocycles. The zero-order chi connectivity index (χ0) is 42.3. The van der Waals surface area contributed by atoms with E-state index in [1.807, 2.05) is 51.2 Å². The van der Waals surface area contributed by atoms with Gasteiger partial charge in [0.05, 0.1) is 42.7 Å². The number of hydrogen-bond acceptors (Lipinski definition) is 8. The maximum absolute atomic E-state index is 14.4. The molecule has 0 unspecified atom stereocenters. The summed E-state index contributed by atoms with van der Waals surface area (Å²) in [5, 5.41) is 9.96. The van der Waals surface area contributed by atoms with E-state index >= 15 is 0 Å². The van der Waals surface area contributed by atoms with Crippen LogP contribution in [0.5, 0.6) is 0 Å². The van der Waals surface area contributed by atoms with Crippen LogP contribution < -0.4 is 0 Å². The van der Waals surface area contributed by atoms with Gasteiger partial charge in [0.1, 0.15) is 5.78 Å². The minimum atomic E-state index is -1.02. The van der Waals surface area contributed by atoms with Crippen LogP contribution >= 0.6 is 0 Å². The van der Waals surface area contributed by atoms with Crippen molar-refractivity contribution in [1.82, 2.24) is 14.7 Å². The maximum atomic E-state index is 14.4. The molecule has 1 aliphatic rings. The maximum Gasteiger partial charge on any atom is 0.307 e. The molecule has 0 spiro atoms. The number of methoxy groups -OCH3 is 2. The Morgan fingerprint density at radius 1 is 0.875 bits per heavy atom. The van der Waals surface area contributed by atoms with Crippen LogP contribution in [0.4, 0.5) is 0 Å². The van der Waals surface area contributed by atoms with Crippen molar-refractivity contribution in [2.45, 2.75) is 144 Å². The molecule has 11 nitrogen and oxygen atoms in total. The zero-order valence-corrected chi connectivity index (χ0v) is 36.7. The number of carboxylic acid groups (broad SMARTS) is 1. The van der Waals surface area contributed by atoms with Gasteiger partial charge >= 0.3 is 5.97 Å². The van der Waals surface area contributed by atoms with Gasteiger partial charge in [0.25, 0.3) is 0 Å². The summed E-state index contributed by atoms with van der Waals surface area (Å²) in [7, 11) is 6.88. The van der Waals surface area contributed by atoms with Crippen molar-refractivity contribution in [3.63, 3.8) is 0 Å². The molecular weight excluding hydrogens is 711 g/mol. The summed E-state index contributed by atoms with van der Waals surface area (Å²) in [6.07, 6.45) is 3.23. The van der Waals surface area contributed by atoms with Gasteiger partial charge in [0.15, 0.2) is 5.78 Å². The van der Waals surface area contributed by atoms with Crippen molar-refractivity contribution in [2.75, 3.05) is 41.4 Å². The molecule has 0 saturated carbocycles. The van der Waals surface area contributed by atoms with Gasteiger partial charge in [-0.15, -0.1) is 0 Å². The summed E-state index contributed by atoms with van der Waals surface area (Å²) in [5.41, 5.74) is 0.852. The fourth-order valence-corrected chi connectivity index (χ4v) is 8.79. The number of Topliss-reactive ketones (excluding diaryl/α,β-unsaturated/α-hetero) is 2. The van der Waals surface area contributed by atoms with Crippen LogP contribution in [0, 0.1) is 35.5 Å². The number of aliphatic carboxylic acids is 1. The van der Waals surface area contributed by atoms with Gasteiger partial charge in [-0.25, -0.2) is 0 Å². The monoisotopic (exact) mass is 786 g/mol. The Labute approximate surface area is 338 Å². The molecule has 1 aliphatic heterocycles. The summed E-state index contributed by atoms with van der Waals surface area (Å²) in [5.74, 6) is -3.43. The molecule has 2 amide bonds. The largest absolute Gasteiger partial charge is 0.481 e. The third kappa shape index (κ3) is 13.5. The predicted molar refractivity (Wildman–Crippen MR) is 221 cm³/mol. The van der Waals surface area contributed by atoms with Crippen LogP contribution in [0.3, 0.4) is 0 Å². The molecule has 9 atom stereocenters. The lowest BCUT2D eigenvalue weighted by Gasteiger charge is -2.41. The number of carboxylic acids is 1. The number of rotatable bonds is 26. The van der Waals surface area contributed by atoms with Gasteiger partial charge < -0.3 is 24.4 Å².